The third kappa shape index (κ3) is 4.76. The van der Waals surface area contributed by atoms with Gasteiger partial charge in [0, 0.05) is 12.6 Å². The third-order valence-electron chi connectivity index (χ3n) is 5.15. The molecule has 1 atom stereocenters. The number of halogens is 1. The van der Waals surface area contributed by atoms with Gasteiger partial charge in [-0.25, -0.2) is 22.7 Å². The van der Waals surface area contributed by atoms with E-state index in [1.807, 2.05) is 19.1 Å². The van der Waals surface area contributed by atoms with Gasteiger partial charge in [-0.2, -0.15) is 0 Å². The van der Waals surface area contributed by atoms with Crippen LogP contribution < -0.4 is 15.4 Å². The number of alkyl halides is 1. The van der Waals surface area contributed by atoms with Crippen LogP contribution in [-0.2, 0) is 28.5 Å². The number of nitrogens with two attached hydrogens (primary N) is 1. The monoisotopic (exact) mass is 419 g/mol. The van der Waals surface area contributed by atoms with E-state index < -0.39 is 15.7 Å². The number of fused-ring (bicyclic) bond motifs is 1. The highest BCUT2D eigenvalue weighted by Gasteiger charge is 2.31. The third-order valence-corrected chi connectivity index (χ3v) is 6.06. The lowest BCUT2D eigenvalue weighted by atomic mass is 9.98. The van der Waals surface area contributed by atoms with E-state index in [1.165, 1.54) is 26.0 Å². The van der Waals surface area contributed by atoms with Gasteiger partial charge in [0.05, 0.1) is 10.6 Å². The highest BCUT2D eigenvalue weighted by Crippen LogP contribution is 2.34. The zero-order valence-corrected chi connectivity index (χ0v) is 17.6. The van der Waals surface area contributed by atoms with E-state index in [4.69, 9.17) is 5.14 Å². The number of benzene rings is 2. The zero-order valence-electron chi connectivity index (χ0n) is 16.8. The summed E-state index contributed by atoms with van der Waals surface area (Å²) in [7, 11) is -3.84. The summed E-state index contributed by atoms with van der Waals surface area (Å²) in [4.78, 5) is 14.3. The van der Waals surface area contributed by atoms with Crippen LogP contribution in [0.2, 0.25) is 0 Å². The average Bonchev–Trinajstić information content (AvgIpc) is 2.95. The van der Waals surface area contributed by atoms with E-state index >= 15 is 0 Å². The number of hydrogen-bond donors (Lipinski definition) is 2. The quantitative estimate of drug-likeness (QED) is 0.779. The number of rotatable bonds is 5. The van der Waals surface area contributed by atoms with Crippen molar-refractivity contribution in [1.82, 2.24) is 5.32 Å². The molecule has 6 nitrogen and oxygen atoms in total. The van der Waals surface area contributed by atoms with Crippen LogP contribution in [0, 0.1) is 0 Å². The van der Waals surface area contributed by atoms with Crippen molar-refractivity contribution in [3.05, 3.63) is 59.2 Å². The van der Waals surface area contributed by atoms with E-state index in [1.54, 1.807) is 23.1 Å². The molecule has 0 bridgehead atoms. The van der Waals surface area contributed by atoms with Crippen LogP contribution in [-0.4, -0.2) is 27.0 Å². The molecule has 0 spiro atoms. The maximum absolute atomic E-state index is 13.9. The van der Waals surface area contributed by atoms with Crippen LogP contribution >= 0.6 is 0 Å². The van der Waals surface area contributed by atoms with Crippen molar-refractivity contribution in [3.63, 3.8) is 0 Å². The van der Waals surface area contributed by atoms with E-state index in [2.05, 4.69) is 5.32 Å². The van der Waals surface area contributed by atoms with Crippen LogP contribution in [0.15, 0.2) is 47.4 Å². The highest BCUT2D eigenvalue weighted by molar-refractivity contribution is 7.89. The van der Waals surface area contributed by atoms with Gasteiger partial charge in [-0.3, -0.25) is 4.90 Å². The molecule has 2 aromatic rings. The number of primary sulfonamides is 1. The lowest BCUT2D eigenvalue weighted by Crippen LogP contribution is -2.44. The molecule has 0 saturated heterocycles. The average molecular weight is 420 g/mol. The van der Waals surface area contributed by atoms with Gasteiger partial charge in [-0.1, -0.05) is 30.3 Å². The van der Waals surface area contributed by atoms with Crippen LogP contribution in [0.3, 0.4) is 0 Å². The van der Waals surface area contributed by atoms with E-state index in [0.717, 1.165) is 11.1 Å². The van der Waals surface area contributed by atoms with Crippen molar-refractivity contribution in [1.29, 1.82) is 0 Å². The van der Waals surface area contributed by atoms with Gasteiger partial charge in [0.1, 0.15) is 5.67 Å². The summed E-state index contributed by atoms with van der Waals surface area (Å²) >= 11 is 0. The number of hydrogen-bond acceptors (Lipinski definition) is 3. The summed E-state index contributed by atoms with van der Waals surface area (Å²) in [6.45, 7) is 5.34. The van der Waals surface area contributed by atoms with Crippen molar-refractivity contribution in [2.45, 2.75) is 50.2 Å². The van der Waals surface area contributed by atoms with Crippen LogP contribution in [0.5, 0.6) is 0 Å². The van der Waals surface area contributed by atoms with E-state index in [-0.39, 0.29) is 17.0 Å². The van der Waals surface area contributed by atoms with Gasteiger partial charge in [0.25, 0.3) is 0 Å². The Balaban J connectivity index is 1.66. The fourth-order valence-electron chi connectivity index (χ4n) is 3.54. The molecule has 0 aromatic heterocycles. The Labute approximate surface area is 171 Å². The maximum atomic E-state index is 13.9. The molecule has 0 saturated carbocycles. The van der Waals surface area contributed by atoms with Crippen LogP contribution in [0.4, 0.5) is 14.9 Å². The van der Waals surface area contributed by atoms with Crippen LogP contribution in [0.25, 0.3) is 0 Å². The predicted molar refractivity (Wildman–Crippen MR) is 111 cm³/mol. The second-order valence-corrected chi connectivity index (χ2v) is 9.47. The topological polar surface area (TPSA) is 92.5 Å². The fourth-order valence-corrected chi connectivity index (χ4v) is 4.07. The second-order valence-electron chi connectivity index (χ2n) is 7.91. The number of urea groups is 1. The number of anilines is 1. The Morgan fingerprint density at radius 1 is 1.24 bits per heavy atom. The Kier molecular flexibility index (Phi) is 5.69. The Morgan fingerprint density at radius 2 is 1.90 bits per heavy atom. The number of nitrogens with zero attached hydrogens (tertiary/aromatic N) is 1. The molecule has 1 heterocycles. The summed E-state index contributed by atoms with van der Waals surface area (Å²) < 4.78 is 37.2. The number of sulfonamides is 1. The number of carbonyl (C=O) groups is 1. The summed E-state index contributed by atoms with van der Waals surface area (Å²) in [6.07, 6.45) is 1.25. The molecule has 0 aliphatic carbocycles. The SMILES string of the molecule is CC1Cc2ccc(S(N)(=O)=O)cc2N1C(=O)NCCc1ccc(C(C)(C)F)cc1. The van der Waals surface area contributed by atoms with Gasteiger partial charge in [-0.15, -0.1) is 0 Å². The standard InChI is InChI=1S/C21H26FN3O3S/c1-14-12-16-6-9-18(29(23,27)28)13-19(16)25(14)20(26)24-11-10-15-4-7-17(8-5-15)21(2,3)22/h4-9,13-14H,10-12H2,1-3H3,(H,24,26)(H2,23,27,28). The largest absolute Gasteiger partial charge is 0.337 e. The number of nitrogens with one attached hydrogen (secondary N) is 1. The molecule has 2 amide bonds. The van der Waals surface area contributed by atoms with Gasteiger partial charge < -0.3 is 5.32 Å². The first kappa shape index (κ1) is 21.3. The van der Waals surface area contributed by atoms with Crippen molar-refractivity contribution < 1.29 is 17.6 Å². The molecule has 1 unspecified atom stereocenters. The molecule has 0 fully saturated rings. The summed E-state index contributed by atoms with van der Waals surface area (Å²) in [5.74, 6) is 0. The molecule has 3 rings (SSSR count). The van der Waals surface area contributed by atoms with Crippen molar-refractivity contribution in [3.8, 4) is 0 Å². The zero-order chi connectivity index (χ0) is 21.4. The molecular weight excluding hydrogens is 393 g/mol. The first-order valence-electron chi connectivity index (χ1n) is 9.48. The molecule has 29 heavy (non-hydrogen) atoms. The molecule has 1 aliphatic rings. The maximum Gasteiger partial charge on any atom is 0.322 e. The molecule has 1 aliphatic heterocycles. The minimum absolute atomic E-state index is 0.0148. The number of carbonyl (C=O) groups excluding carboxylic acids is 1. The first-order valence-corrected chi connectivity index (χ1v) is 11.0. The van der Waals surface area contributed by atoms with E-state index in [9.17, 15) is 17.6 Å². The van der Waals surface area contributed by atoms with Crippen molar-refractivity contribution in [2.75, 3.05) is 11.4 Å². The molecule has 2 aromatic carbocycles. The van der Waals surface area contributed by atoms with Gasteiger partial charge >= 0.3 is 6.03 Å². The van der Waals surface area contributed by atoms with Gasteiger partial charge in [-0.05, 0) is 62.4 Å². The van der Waals surface area contributed by atoms with Crippen LogP contribution in [0.1, 0.15) is 37.5 Å². The van der Waals surface area contributed by atoms with Gasteiger partial charge in [0.15, 0.2) is 0 Å². The summed E-state index contributed by atoms with van der Waals surface area (Å²) in [6, 6.07) is 11.5. The highest BCUT2D eigenvalue weighted by atomic mass is 32.2. The summed E-state index contributed by atoms with van der Waals surface area (Å²) in [5, 5.41) is 8.10. The normalized spacial score (nSPS) is 16.6. The van der Waals surface area contributed by atoms with Crippen molar-refractivity contribution in [2.24, 2.45) is 5.14 Å². The number of amides is 2. The molecule has 0 radical (unpaired) electrons. The molecule has 8 heteroatoms. The lowest BCUT2D eigenvalue weighted by Gasteiger charge is -2.23. The molecular formula is C21H26FN3O3S. The lowest BCUT2D eigenvalue weighted by molar-refractivity contribution is 0.221. The Bertz CT molecular complexity index is 1010. The predicted octanol–water partition coefficient (Wildman–Crippen LogP) is 3.24. The summed E-state index contributed by atoms with van der Waals surface area (Å²) in [5.41, 5.74) is 1.69. The Morgan fingerprint density at radius 3 is 2.48 bits per heavy atom. The minimum atomic E-state index is -3.84. The minimum Gasteiger partial charge on any atom is -0.337 e. The second kappa shape index (κ2) is 7.76. The molecule has 3 N–H and O–H groups in total. The smallest absolute Gasteiger partial charge is 0.322 e. The Hall–Kier alpha value is -2.45. The van der Waals surface area contributed by atoms with Gasteiger partial charge in [0.2, 0.25) is 10.0 Å². The molecule has 156 valence electrons. The first-order chi connectivity index (χ1) is 13.5. The van der Waals surface area contributed by atoms with Crippen molar-refractivity contribution >= 4 is 21.7 Å². The fraction of sp³-hybridized carbons (Fsp3) is 0.381. The van der Waals surface area contributed by atoms with E-state index in [0.29, 0.717) is 30.6 Å².